The second-order valence-corrected chi connectivity index (χ2v) is 10.6. The van der Waals surface area contributed by atoms with Crippen LogP contribution in [-0.2, 0) is 19.1 Å². The van der Waals surface area contributed by atoms with E-state index in [1.807, 2.05) is 0 Å². The van der Waals surface area contributed by atoms with E-state index < -0.39 is 30.3 Å². The van der Waals surface area contributed by atoms with Crippen molar-refractivity contribution in [3.63, 3.8) is 0 Å². The standard InChI is InChI=1S/C24H19BrCl2N2O5/c25-12-3-5-13(6-4-12)28-17(30)10-34-24(33)11-1-7-14(8-2-11)29-22(31)18-15-9-16(19(18)23(29)32)21(27)20(15)26/h1-8,15-16,18-21H,9-10H2,(H,28,30)/t15-,16-,18-,19-,20-,21+/m1/s1. The number of carbonyl (C=O) groups excluding carboxylic acids is 4. The molecule has 5 rings (SSSR count). The quantitative estimate of drug-likeness (QED) is 0.333. The summed E-state index contributed by atoms with van der Waals surface area (Å²) in [4.78, 5) is 51.7. The zero-order chi connectivity index (χ0) is 24.1. The van der Waals surface area contributed by atoms with Crippen LogP contribution in [0.4, 0.5) is 11.4 Å². The summed E-state index contributed by atoms with van der Waals surface area (Å²) >= 11 is 16.1. The molecule has 1 saturated heterocycles. The van der Waals surface area contributed by atoms with Crippen molar-refractivity contribution < 1.29 is 23.9 Å². The fourth-order valence-corrected chi connectivity index (χ4v) is 6.45. The first-order chi connectivity index (χ1) is 16.3. The average molecular weight is 566 g/mol. The summed E-state index contributed by atoms with van der Waals surface area (Å²) in [5.74, 6) is -2.78. The van der Waals surface area contributed by atoms with E-state index >= 15 is 0 Å². The van der Waals surface area contributed by atoms with Gasteiger partial charge in [-0.3, -0.25) is 19.3 Å². The molecule has 1 N–H and O–H groups in total. The highest BCUT2D eigenvalue weighted by Crippen LogP contribution is 2.59. The predicted molar refractivity (Wildman–Crippen MR) is 130 cm³/mol. The number of esters is 1. The molecule has 1 heterocycles. The number of anilines is 2. The SMILES string of the molecule is O=C(COC(=O)c1ccc(N2C(=O)[C@@H]3[C@H]4C[C@@H]([C@@H](Cl)[C@H]4Cl)[C@H]3C2=O)cc1)Nc1ccc(Br)cc1. The Kier molecular flexibility index (Phi) is 6.16. The van der Waals surface area contributed by atoms with E-state index in [0.717, 1.165) is 4.47 Å². The second kappa shape index (κ2) is 8.98. The number of nitrogens with zero attached hydrogens (tertiary/aromatic N) is 1. The van der Waals surface area contributed by atoms with E-state index in [-0.39, 0.29) is 40.0 Å². The smallest absolute Gasteiger partial charge is 0.338 e. The van der Waals surface area contributed by atoms with Crippen molar-refractivity contribution in [1.29, 1.82) is 0 Å². The largest absolute Gasteiger partial charge is 0.452 e. The first kappa shape index (κ1) is 23.3. The van der Waals surface area contributed by atoms with Gasteiger partial charge in [0, 0.05) is 10.2 Å². The van der Waals surface area contributed by atoms with Crippen LogP contribution in [0, 0.1) is 23.7 Å². The number of amides is 3. The number of nitrogens with one attached hydrogen (secondary N) is 1. The average Bonchev–Trinajstić information content (AvgIpc) is 3.44. The van der Waals surface area contributed by atoms with Gasteiger partial charge in [0.2, 0.25) is 11.8 Å². The van der Waals surface area contributed by atoms with Crippen molar-refractivity contribution in [1.82, 2.24) is 0 Å². The molecule has 2 bridgehead atoms. The van der Waals surface area contributed by atoms with Crippen molar-refractivity contribution in [3.8, 4) is 0 Å². The highest BCUT2D eigenvalue weighted by Gasteiger charge is 2.66. The van der Waals surface area contributed by atoms with Crippen molar-refractivity contribution in [2.75, 3.05) is 16.8 Å². The minimum atomic E-state index is -0.693. The van der Waals surface area contributed by atoms with Crippen molar-refractivity contribution in [3.05, 3.63) is 58.6 Å². The van der Waals surface area contributed by atoms with Gasteiger partial charge in [0.15, 0.2) is 6.61 Å². The molecule has 0 radical (unpaired) electrons. The van der Waals surface area contributed by atoms with Gasteiger partial charge < -0.3 is 10.1 Å². The number of hydrogen-bond acceptors (Lipinski definition) is 5. The fourth-order valence-electron chi connectivity index (χ4n) is 5.29. The lowest BCUT2D eigenvalue weighted by atomic mass is 9.80. The van der Waals surface area contributed by atoms with Crippen LogP contribution in [-0.4, -0.2) is 41.1 Å². The molecule has 176 valence electrons. The van der Waals surface area contributed by atoms with Gasteiger partial charge in [-0.05, 0) is 66.8 Å². The Balaban J connectivity index is 1.21. The lowest BCUT2D eigenvalue weighted by molar-refractivity contribution is -0.123. The monoisotopic (exact) mass is 564 g/mol. The number of benzene rings is 2. The van der Waals surface area contributed by atoms with Crippen molar-refractivity contribution in [2.45, 2.75) is 17.2 Å². The Morgan fingerprint density at radius 1 is 0.941 bits per heavy atom. The summed E-state index contributed by atoms with van der Waals surface area (Å²) in [5, 5.41) is 2.00. The molecule has 0 spiro atoms. The lowest BCUT2D eigenvalue weighted by Gasteiger charge is -2.28. The van der Waals surface area contributed by atoms with Gasteiger partial charge in [0.1, 0.15) is 0 Å². The first-order valence-corrected chi connectivity index (χ1v) is 12.4. The maximum atomic E-state index is 13.1. The van der Waals surface area contributed by atoms with Crippen molar-refractivity contribution >= 4 is 74.2 Å². The number of carbonyl (C=O) groups is 4. The van der Waals surface area contributed by atoms with E-state index in [9.17, 15) is 19.2 Å². The molecule has 10 heteroatoms. The zero-order valence-electron chi connectivity index (χ0n) is 17.6. The minimum absolute atomic E-state index is 0.0987. The Bertz CT molecular complexity index is 1140. The lowest BCUT2D eigenvalue weighted by Crippen LogP contribution is -2.37. The number of halogens is 3. The van der Waals surface area contributed by atoms with Gasteiger partial charge in [-0.2, -0.15) is 0 Å². The van der Waals surface area contributed by atoms with Gasteiger partial charge >= 0.3 is 5.97 Å². The summed E-state index contributed by atoms with van der Waals surface area (Å²) in [6.45, 7) is -0.453. The van der Waals surface area contributed by atoms with Gasteiger partial charge in [-0.15, -0.1) is 23.2 Å². The number of hydrogen-bond donors (Lipinski definition) is 1. The molecule has 6 atom stereocenters. The van der Waals surface area contributed by atoms with Gasteiger partial charge in [-0.1, -0.05) is 15.9 Å². The van der Waals surface area contributed by atoms with Crippen LogP contribution in [0.2, 0.25) is 0 Å². The summed E-state index contributed by atoms with van der Waals surface area (Å²) in [5.41, 5.74) is 1.15. The van der Waals surface area contributed by atoms with Gasteiger partial charge in [0.05, 0.1) is 33.8 Å². The number of fused-ring (bicyclic) bond motifs is 5. The highest BCUT2D eigenvalue weighted by molar-refractivity contribution is 9.10. The number of alkyl halides is 2. The van der Waals surface area contributed by atoms with E-state index in [4.69, 9.17) is 27.9 Å². The maximum absolute atomic E-state index is 13.1. The third-order valence-electron chi connectivity index (χ3n) is 6.81. The molecular formula is C24H19BrCl2N2O5. The molecule has 7 nitrogen and oxygen atoms in total. The molecule has 2 aromatic carbocycles. The highest BCUT2D eigenvalue weighted by atomic mass is 79.9. The Morgan fingerprint density at radius 3 is 2.06 bits per heavy atom. The Hall–Kier alpha value is -2.42. The number of ether oxygens (including phenoxy) is 1. The molecule has 3 amide bonds. The normalized spacial score (nSPS) is 29.3. The van der Waals surface area contributed by atoms with Gasteiger partial charge in [0.25, 0.3) is 5.91 Å². The number of rotatable bonds is 5. The third kappa shape index (κ3) is 3.91. The van der Waals surface area contributed by atoms with Crippen LogP contribution in [0.25, 0.3) is 0 Å². The molecule has 0 unspecified atom stereocenters. The Labute approximate surface area is 213 Å². The summed E-state index contributed by atoms with van der Waals surface area (Å²) in [6.07, 6.45) is 0.698. The van der Waals surface area contributed by atoms with E-state index in [1.165, 1.54) is 29.2 Å². The van der Waals surface area contributed by atoms with Crippen LogP contribution in [0.15, 0.2) is 53.0 Å². The molecule has 1 aliphatic heterocycles. The van der Waals surface area contributed by atoms with Crippen molar-refractivity contribution in [2.24, 2.45) is 23.7 Å². The molecular weight excluding hydrogens is 547 g/mol. The van der Waals surface area contributed by atoms with Crippen LogP contribution >= 0.6 is 39.1 Å². The first-order valence-electron chi connectivity index (χ1n) is 10.7. The van der Waals surface area contributed by atoms with E-state index in [2.05, 4.69) is 21.2 Å². The third-order valence-corrected chi connectivity index (χ3v) is 8.66. The second-order valence-electron chi connectivity index (χ2n) is 8.69. The van der Waals surface area contributed by atoms with Crippen LogP contribution in [0.1, 0.15) is 16.8 Å². The molecule has 3 aliphatic rings. The molecule has 34 heavy (non-hydrogen) atoms. The summed E-state index contributed by atoms with van der Waals surface area (Å²) in [7, 11) is 0. The van der Waals surface area contributed by atoms with Gasteiger partial charge in [-0.25, -0.2) is 4.79 Å². The Morgan fingerprint density at radius 2 is 1.50 bits per heavy atom. The topological polar surface area (TPSA) is 92.8 Å². The fraction of sp³-hybridized carbons (Fsp3) is 0.333. The molecule has 2 aliphatic carbocycles. The summed E-state index contributed by atoms with van der Waals surface area (Å²) < 4.78 is 5.95. The van der Waals surface area contributed by atoms with Crippen LogP contribution < -0.4 is 10.2 Å². The molecule has 3 fully saturated rings. The maximum Gasteiger partial charge on any atom is 0.338 e. The molecule has 2 aromatic rings. The summed E-state index contributed by atoms with van der Waals surface area (Å²) in [6, 6.07) is 12.9. The molecule has 2 saturated carbocycles. The van der Waals surface area contributed by atoms with Crippen LogP contribution in [0.5, 0.6) is 0 Å². The number of imide groups is 1. The zero-order valence-corrected chi connectivity index (χ0v) is 20.7. The van der Waals surface area contributed by atoms with Crippen LogP contribution in [0.3, 0.4) is 0 Å². The predicted octanol–water partition coefficient (Wildman–Crippen LogP) is 4.21. The molecule has 0 aromatic heterocycles. The van der Waals surface area contributed by atoms with E-state index in [1.54, 1.807) is 24.3 Å². The minimum Gasteiger partial charge on any atom is -0.452 e. The van der Waals surface area contributed by atoms with E-state index in [0.29, 0.717) is 17.8 Å².